The number of amides is 1. The van der Waals surface area contributed by atoms with Crippen LogP contribution in [-0.2, 0) is 31.2 Å². The minimum Gasteiger partial charge on any atom is -0.350 e. The Bertz CT molecular complexity index is 793. The normalized spacial score (nSPS) is 12.1. The first-order valence-electron chi connectivity index (χ1n) is 7.07. The molecule has 0 bridgehead atoms. The number of hydrogen-bond acceptors (Lipinski definition) is 5. The standard InChI is InChI=1S/C15H19N3O3S2/c1-10(14(20)16-8-12-5-4-6-22-12)23-9-11-7-13(19)18(3)15(21)17(11)2/h4-7,10H,8-9H2,1-3H3,(H,16,20). The van der Waals surface area contributed by atoms with Gasteiger partial charge in [-0.05, 0) is 18.4 Å². The number of nitrogens with zero attached hydrogens (tertiary/aromatic N) is 2. The molecule has 2 aromatic rings. The molecule has 0 fully saturated rings. The average molecular weight is 353 g/mol. The Morgan fingerprint density at radius 2 is 2.09 bits per heavy atom. The van der Waals surface area contributed by atoms with Crippen molar-refractivity contribution in [2.24, 2.45) is 14.1 Å². The summed E-state index contributed by atoms with van der Waals surface area (Å²) < 4.78 is 2.50. The van der Waals surface area contributed by atoms with Crippen LogP contribution in [-0.4, -0.2) is 20.3 Å². The minimum absolute atomic E-state index is 0.0581. The Kier molecular flexibility index (Phi) is 5.84. The minimum atomic E-state index is -0.358. The summed E-state index contributed by atoms with van der Waals surface area (Å²) in [6, 6.07) is 5.35. The molecule has 1 amide bonds. The van der Waals surface area contributed by atoms with Crippen LogP contribution in [0.15, 0.2) is 33.2 Å². The van der Waals surface area contributed by atoms with Gasteiger partial charge in [0.05, 0.1) is 11.8 Å². The Morgan fingerprint density at radius 3 is 2.74 bits per heavy atom. The van der Waals surface area contributed by atoms with E-state index in [1.54, 1.807) is 18.4 Å². The summed E-state index contributed by atoms with van der Waals surface area (Å²) in [6.45, 7) is 2.33. The number of rotatable bonds is 6. The van der Waals surface area contributed by atoms with Crippen LogP contribution in [0.2, 0.25) is 0 Å². The van der Waals surface area contributed by atoms with Gasteiger partial charge >= 0.3 is 5.69 Å². The number of thioether (sulfide) groups is 1. The molecule has 6 nitrogen and oxygen atoms in total. The molecule has 2 rings (SSSR count). The molecule has 0 aliphatic heterocycles. The van der Waals surface area contributed by atoms with Crippen molar-refractivity contribution in [2.75, 3.05) is 0 Å². The van der Waals surface area contributed by atoms with Gasteiger partial charge in [-0.3, -0.25) is 18.7 Å². The molecule has 2 aromatic heterocycles. The molecule has 1 unspecified atom stereocenters. The molecule has 124 valence electrons. The van der Waals surface area contributed by atoms with Crippen molar-refractivity contribution in [3.8, 4) is 0 Å². The van der Waals surface area contributed by atoms with E-state index in [1.165, 1.54) is 29.4 Å². The fraction of sp³-hybridized carbons (Fsp3) is 0.400. The van der Waals surface area contributed by atoms with E-state index in [-0.39, 0.29) is 22.4 Å². The lowest BCUT2D eigenvalue weighted by Gasteiger charge is -2.13. The number of carbonyl (C=O) groups is 1. The molecule has 1 N–H and O–H groups in total. The highest BCUT2D eigenvalue weighted by atomic mass is 32.2. The van der Waals surface area contributed by atoms with E-state index < -0.39 is 0 Å². The number of aromatic nitrogens is 2. The van der Waals surface area contributed by atoms with Crippen molar-refractivity contribution >= 4 is 29.0 Å². The predicted octanol–water partition coefficient (Wildman–Crippen LogP) is 1.08. The SMILES string of the molecule is CC(SCc1cc(=O)n(C)c(=O)n1C)C(=O)NCc1cccs1. The van der Waals surface area contributed by atoms with Crippen molar-refractivity contribution in [1.82, 2.24) is 14.5 Å². The van der Waals surface area contributed by atoms with Crippen LogP contribution < -0.4 is 16.6 Å². The van der Waals surface area contributed by atoms with Crippen LogP contribution in [0.5, 0.6) is 0 Å². The van der Waals surface area contributed by atoms with Crippen molar-refractivity contribution in [3.63, 3.8) is 0 Å². The lowest BCUT2D eigenvalue weighted by Crippen LogP contribution is -2.38. The molecular weight excluding hydrogens is 334 g/mol. The maximum Gasteiger partial charge on any atom is 0.330 e. The Hall–Kier alpha value is -1.80. The highest BCUT2D eigenvalue weighted by Gasteiger charge is 2.15. The predicted molar refractivity (Wildman–Crippen MR) is 93.8 cm³/mol. The van der Waals surface area contributed by atoms with E-state index in [4.69, 9.17) is 0 Å². The largest absolute Gasteiger partial charge is 0.350 e. The van der Waals surface area contributed by atoms with E-state index in [9.17, 15) is 14.4 Å². The van der Waals surface area contributed by atoms with Crippen LogP contribution in [0.3, 0.4) is 0 Å². The van der Waals surface area contributed by atoms with Crippen LogP contribution in [0, 0.1) is 0 Å². The van der Waals surface area contributed by atoms with Crippen LogP contribution in [0.4, 0.5) is 0 Å². The summed E-state index contributed by atoms with van der Waals surface area (Å²) in [5.74, 6) is 0.368. The lowest BCUT2D eigenvalue weighted by atomic mass is 10.4. The molecule has 0 aromatic carbocycles. The smallest absolute Gasteiger partial charge is 0.330 e. The quantitative estimate of drug-likeness (QED) is 0.844. The molecule has 1 atom stereocenters. The van der Waals surface area contributed by atoms with Gasteiger partial charge < -0.3 is 5.32 Å². The van der Waals surface area contributed by atoms with Crippen molar-refractivity contribution in [3.05, 3.63) is 55.0 Å². The number of thiophene rings is 1. The number of hydrogen-bond donors (Lipinski definition) is 1. The fourth-order valence-corrected chi connectivity index (χ4v) is 3.51. The zero-order valence-electron chi connectivity index (χ0n) is 13.2. The van der Waals surface area contributed by atoms with E-state index in [1.807, 2.05) is 24.4 Å². The molecule has 0 radical (unpaired) electrons. The lowest BCUT2D eigenvalue weighted by molar-refractivity contribution is -0.120. The monoisotopic (exact) mass is 353 g/mol. The van der Waals surface area contributed by atoms with Crippen molar-refractivity contribution in [1.29, 1.82) is 0 Å². The highest BCUT2D eigenvalue weighted by molar-refractivity contribution is 7.99. The molecule has 8 heteroatoms. The maximum atomic E-state index is 12.1. The van der Waals surface area contributed by atoms with E-state index in [2.05, 4.69) is 5.32 Å². The first-order valence-corrected chi connectivity index (χ1v) is 9.00. The highest BCUT2D eigenvalue weighted by Crippen LogP contribution is 2.16. The maximum absolute atomic E-state index is 12.1. The van der Waals surface area contributed by atoms with E-state index in [0.29, 0.717) is 18.0 Å². The number of carbonyl (C=O) groups excluding carboxylic acids is 1. The van der Waals surface area contributed by atoms with Gasteiger partial charge in [0.15, 0.2) is 0 Å². The molecule has 0 saturated carbocycles. The summed E-state index contributed by atoms with van der Waals surface area (Å²) in [5.41, 5.74) is -0.0811. The average Bonchev–Trinajstić information content (AvgIpc) is 3.05. The van der Waals surface area contributed by atoms with Gasteiger partial charge in [-0.2, -0.15) is 0 Å². The zero-order valence-corrected chi connectivity index (χ0v) is 14.9. The molecular formula is C15H19N3O3S2. The topological polar surface area (TPSA) is 73.1 Å². The Morgan fingerprint density at radius 1 is 1.35 bits per heavy atom. The van der Waals surface area contributed by atoms with E-state index >= 15 is 0 Å². The second kappa shape index (κ2) is 7.65. The van der Waals surface area contributed by atoms with Crippen LogP contribution in [0.25, 0.3) is 0 Å². The fourth-order valence-electron chi connectivity index (χ4n) is 1.93. The molecule has 23 heavy (non-hydrogen) atoms. The van der Waals surface area contributed by atoms with Gasteiger partial charge in [0.2, 0.25) is 5.91 Å². The second-order valence-corrected chi connectivity index (χ2v) is 7.49. The Balaban J connectivity index is 1.94. The molecule has 0 saturated heterocycles. The summed E-state index contributed by atoms with van der Waals surface area (Å²) >= 11 is 2.99. The van der Waals surface area contributed by atoms with Gasteiger partial charge in [0.25, 0.3) is 5.56 Å². The summed E-state index contributed by atoms with van der Waals surface area (Å²) in [6.07, 6.45) is 0. The zero-order chi connectivity index (χ0) is 17.0. The molecule has 0 aliphatic carbocycles. The van der Waals surface area contributed by atoms with Crippen LogP contribution in [0.1, 0.15) is 17.5 Å². The van der Waals surface area contributed by atoms with E-state index in [0.717, 1.165) is 9.44 Å². The summed E-state index contributed by atoms with van der Waals surface area (Å²) in [4.78, 5) is 36.7. The molecule has 2 heterocycles. The van der Waals surface area contributed by atoms with Gasteiger partial charge in [0.1, 0.15) is 0 Å². The summed E-state index contributed by atoms with van der Waals surface area (Å²) in [7, 11) is 3.07. The second-order valence-electron chi connectivity index (χ2n) is 5.12. The third-order valence-corrected chi connectivity index (χ3v) is 5.55. The van der Waals surface area contributed by atoms with Gasteiger partial charge in [-0.15, -0.1) is 23.1 Å². The van der Waals surface area contributed by atoms with Gasteiger partial charge in [-0.25, -0.2) is 4.79 Å². The van der Waals surface area contributed by atoms with Gasteiger partial charge in [-0.1, -0.05) is 6.07 Å². The first kappa shape index (κ1) is 17.6. The van der Waals surface area contributed by atoms with Crippen molar-refractivity contribution < 1.29 is 4.79 Å². The summed E-state index contributed by atoms with van der Waals surface area (Å²) in [5, 5.41) is 4.58. The third-order valence-electron chi connectivity index (χ3n) is 3.49. The van der Waals surface area contributed by atoms with Crippen LogP contribution >= 0.6 is 23.1 Å². The Labute approximate surface area is 142 Å². The van der Waals surface area contributed by atoms with Gasteiger partial charge in [0, 0.05) is 36.5 Å². The molecule has 0 aliphatic rings. The third kappa shape index (κ3) is 4.35. The number of nitrogens with one attached hydrogen (secondary N) is 1. The first-order chi connectivity index (χ1) is 10.9. The van der Waals surface area contributed by atoms with Crippen molar-refractivity contribution in [2.45, 2.75) is 24.5 Å². The molecule has 0 spiro atoms.